The molecular formula is C21H23N3O2. The van der Waals surface area contributed by atoms with E-state index in [2.05, 4.69) is 10.3 Å². The van der Waals surface area contributed by atoms with Crippen molar-refractivity contribution in [3.8, 4) is 0 Å². The van der Waals surface area contributed by atoms with E-state index >= 15 is 0 Å². The molecular weight excluding hydrogens is 326 g/mol. The number of rotatable bonds is 4. The predicted molar refractivity (Wildman–Crippen MR) is 102 cm³/mol. The van der Waals surface area contributed by atoms with Crippen molar-refractivity contribution in [2.24, 2.45) is 0 Å². The van der Waals surface area contributed by atoms with Gasteiger partial charge in [0.15, 0.2) is 0 Å². The molecule has 5 heteroatoms. The smallest absolute Gasteiger partial charge is 0.255 e. The quantitative estimate of drug-likeness (QED) is 0.864. The lowest BCUT2D eigenvalue weighted by molar-refractivity contribution is -0.117. The average molecular weight is 349 g/mol. The molecule has 1 aromatic heterocycles. The summed E-state index contributed by atoms with van der Waals surface area (Å²) in [4.78, 5) is 30.3. The maximum absolute atomic E-state index is 12.4. The number of piperidine rings is 1. The first-order valence-electron chi connectivity index (χ1n) is 8.86. The average Bonchev–Trinajstić information content (AvgIpc) is 2.67. The fourth-order valence-corrected chi connectivity index (χ4v) is 3.09. The third-order valence-corrected chi connectivity index (χ3v) is 4.51. The number of aryl methyl sites for hydroxylation is 1. The van der Waals surface area contributed by atoms with Crippen LogP contribution in [0.2, 0.25) is 0 Å². The van der Waals surface area contributed by atoms with Crippen LogP contribution in [-0.4, -0.2) is 40.8 Å². The third kappa shape index (κ3) is 4.79. The molecule has 2 amide bonds. The van der Waals surface area contributed by atoms with E-state index in [1.807, 2.05) is 42.2 Å². The van der Waals surface area contributed by atoms with Crippen LogP contribution in [0.1, 0.15) is 34.3 Å². The second kappa shape index (κ2) is 8.43. The van der Waals surface area contributed by atoms with E-state index in [0.29, 0.717) is 18.7 Å². The van der Waals surface area contributed by atoms with Gasteiger partial charge in [-0.2, -0.15) is 0 Å². The second-order valence-electron chi connectivity index (χ2n) is 6.56. The molecule has 1 N–H and O–H groups in total. The molecule has 26 heavy (non-hydrogen) atoms. The monoisotopic (exact) mass is 349 g/mol. The molecule has 1 saturated heterocycles. The molecule has 0 radical (unpaired) electrons. The van der Waals surface area contributed by atoms with Gasteiger partial charge in [-0.3, -0.25) is 14.6 Å². The van der Waals surface area contributed by atoms with Crippen LogP contribution >= 0.6 is 0 Å². The second-order valence-corrected chi connectivity index (χ2v) is 6.56. The highest BCUT2D eigenvalue weighted by Gasteiger charge is 2.24. The SMILES string of the molecule is Cc1cccc(/C=C/C(=O)NC2CCN(C(=O)c3cccnc3)CC2)c1. The minimum Gasteiger partial charge on any atom is -0.350 e. The molecule has 0 spiro atoms. The van der Waals surface area contributed by atoms with Crippen molar-refractivity contribution in [2.45, 2.75) is 25.8 Å². The van der Waals surface area contributed by atoms with Gasteiger partial charge >= 0.3 is 0 Å². The minimum atomic E-state index is -0.0939. The highest BCUT2D eigenvalue weighted by Crippen LogP contribution is 2.14. The predicted octanol–water partition coefficient (Wildman–Crippen LogP) is 2.82. The van der Waals surface area contributed by atoms with Crippen LogP contribution in [0.5, 0.6) is 0 Å². The molecule has 5 nitrogen and oxygen atoms in total. The Balaban J connectivity index is 1.48. The molecule has 3 rings (SSSR count). The largest absolute Gasteiger partial charge is 0.350 e. The highest BCUT2D eigenvalue weighted by molar-refractivity contribution is 5.94. The van der Waals surface area contributed by atoms with E-state index in [9.17, 15) is 9.59 Å². The van der Waals surface area contributed by atoms with E-state index in [1.54, 1.807) is 30.6 Å². The topological polar surface area (TPSA) is 62.3 Å². The fraction of sp³-hybridized carbons (Fsp3) is 0.286. The molecule has 1 fully saturated rings. The van der Waals surface area contributed by atoms with E-state index in [-0.39, 0.29) is 17.9 Å². The number of hydrogen-bond donors (Lipinski definition) is 1. The third-order valence-electron chi connectivity index (χ3n) is 4.51. The van der Waals surface area contributed by atoms with Crippen molar-refractivity contribution in [3.63, 3.8) is 0 Å². The maximum Gasteiger partial charge on any atom is 0.255 e. The van der Waals surface area contributed by atoms with E-state index in [0.717, 1.165) is 18.4 Å². The first-order valence-corrected chi connectivity index (χ1v) is 8.86. The lowest BCUT2D eigenvalue weighted by Gasteiger charge is -2.32. The number of pyridine rings is 1. The van der Waals surface area contributed by atoms with Gasteiger partial charge in [0.2, 0.25) is 5.91 Å². The van der Waals surface area contributed by atoms with Crippen molar-refractivity contribution in [2.75, 3.05) is 13.1 Å². The van der Waals surface area contributed by atoms with Gasteiger partial charge in [-0.05, 0) is 43.5 Å². The van der Waals surface area contributed by atoms with Gasteiger partial charge in [0.25, 0.3) is 5.91 Å². The lowest BCUT2D eigenvalue weighted by atomic mass is 10.0. The lowest BCUT2D eigenvalue weighted by Crippen LogP contribution is -2.46. The van der Waals surface area contributed by atoms with Gasteiger partial charge in [-0.25, -0.2) is 0 Å². The van der Waals surface area contributed by atoms with Gasteiger partial charge in [0, 0.05) is 37.6 Å². The number of aromatic nitrogens is 1. The van der Waals surface area contributed by atoms with Gasteiger partial charge in [-0.15, -0.1) is 0 Å². The Hall–Kier alpha value is -2.95. The Morgan fingerprint density at radius 1 is 1.19 bits per heavy atom. The molecule has 0 unspecified atom stereocenters. The Labute approximate surface area is 153 Å². The highest BCUT2D eigenvalue weighted by atomic mass is 16.2. The van der Waals surface area contributed by atoms with Crippen LogP contribution in [0.3, 0.4) is 0 Å². The summed E-state index contributed by atoms with van der Waals surface area (Å²) in [5.74, 6) is -0.0919. The molecule has 1 aliphatic rings. The maximum atomic E-state index is 12.4. The van der Waals surface area contributed by atoms with Crippen molar-refractivity contribution < 1.29 is 9.59 Å². The Morgan fingerprint density at radius 2 is 2.00 bits per heavy atom. The van der Waals surface area contributed by atoms with Crippen molar-refractivity contribution in [1.29, 1.82) is 0 Å². The van der Waals surface area contributed by atoms with E-state index in [4.69, 9.17) is 0 Å². The van der Waals surface area contributed by atoms with Gasteiger partial charge in [0.05, 0.1) is 5.56 Å². The zero-order valence-electron chi connectivity index (χ0n) is 14.9. The number of nitrogens with zero attached hydrogens (tertiary/aromatic N) is 2. The van der Waals surface area contributed by atoms with Gasteiger partial charge in [0.1, 0.15) is 0 Å². The van der Waals surface area contributed by atoms with Crippen LogP contribution in [0.15, 0.2) is 54.9 Å². The van der Waals surface area contributed by atoms with Crippen LogP contribution in [0, 0.1) is 6.92 Å². The molecule has 1 aromatic carbocycles. The first kappa shape index (κ1) is 17.9. The van der Waals surface area contributed by atoms with Crippen LogP contribution in [-0.2, 0) is 4.79 Å². The summed E-state index contributed by atoms with van der Waals surface area (Å²) in [5, 5.41) is 3.03. The molecule has 2 aromatic rings. The number of benzene rings is 1. The van der Waals surface area contributed by atoms with Crippen LogP contribution < -0.4 is 5.32 Å². The fourth-order valence-electron chi connectivity index (χ4n) is 3.09. The summed E-state index contributed by atoms with van der Waals surface area (Å²) in [6.07, 6.45) is 8.16. The van der Waals surface area contributed by atoms with Crippen LogP contribution in [0.4, 0.5) is 0 Å². The van der Waals surface area contributed by atoms with E-state index < -0.39 is 0 Å². The molecule has 0 atom stereocenters. The molecule has 0 saturated carbocycles. The minimum absolute atomic E-state index is 0.00206. The normalized spacial score (nSPS) is 15.2. The van der Waals surface area contributed by atoms with Crippen LogP contribution in [0.25, 0.3) is 6.08 Å². The number of likely N-dealkylation sites (tertiary alicyclic amines) is 1. The summed E-state index contributed by atoms with van der Waals surface area (Å²) >= 11 is 0. The summed E-state index contributed by atoms with van der Waals surface area (Å²) in [7, 11) is 0. The Kier molecular flexibility index (Phi) is 5.79. The Morgan fingerprint density at radius 3 is 2.69 bits per heavy atom. The zero-order chi connectivity index (χ0) is 18.4. The first-order chi connectivity index (χ1) is 12.6. The number of amides is 2. The summed E-state index contributed by atoms with van der Waals surface area (Å²) < 4.78 is 0. The summed E-state index contributed by atoms with van der Waals surface area (Å²) in [6, 6.07) is 11.6. The number of hydrogen-bond acceptors (Lipinski definition) is 3. The van der Waals surface area contributed by atoms with E-state index in [1.165, 1.54) is 5.56 Å². The standard InChI is InChI=1S/C21H23N3O2/c1-16-4-2-5-17(14-16)7-8-20(25)23-19-9-12-24(13-10-19)21(26)18-6-3-11-22-15-18/h2-8,11,14-15,19H,9-10,12-13H2,1H3,(H,23,25)/b8-7+. The molecule has 134 valence electrons. The van der Waals surface area contributed by atoms with Gasteiger partial charge < -0.3 is 10.2 Å². The Bertz CT molecular complexity index is 794. The number of nitrogens with one attached hydrogen (secondary N) is 1. The van der Waals surface area contributed by atoms with Gasteiger partial charge in [-0.1, -0.05) is 29.8 Å². The molecule has 2 heterocycles. The molecule has 0 aliphatic carbocycles. The van der Waals surface area contributed by atoms with Crippen molar-refractivity contribution >= 4 is 17.9 Å². The molecule has 1 aliphatic heterocycles. The van der Waals surface area contributed by atoms with Crippen molar-refractivity contribution in [3.05, 3.63) is 71.6 Å². The number of carbonyl (C=O) groups is 2. The summed E-state index contributed by atoms with van der Waals surface area (Å²) in [5.41, 5.74) is 2.78. The summed E-state index contributed by atoms with van der Waals surface area (Å²) in [6.45, 7) is 3.30. The van der Waals surface area contributed by atoms with Crippen molar-refractivity contribution in [1.82, 2.24) is 15.2 Å². The molecule has 0 bridgehead atoms. The zero-order valence-corrected chi connectivity index (χ0v) is 14.9. The number of carbonyl (C=O) groups excluding carboxylic acids is 2.